The van der Waals surface area contributed by atoms with Crippen molar-refractivity contribution in [1.82, 2.24) is 10.2 Å². The summed E-state index contributed by atoms with van der Waals surface area (Å²) in [5.74, 6) is -0.885. The number of nitro benzene ring substituents is 1. The number of benzene rings is 2. The summed E-state index contributed by atoms with van der Waals surface area (Å²) in [6.45, 7) is 4.67. The van der Waals surface area contributed by atoms with E-state index >= 15 is 0 Å². The van der Waals surface area contributed by atoms with Gasteiger partial charge in [-0.25, -0.2) is 8.42 Å². The van der Waals surface area contributed by atoms with Gasteiger partial charge in [-0.3, -0.25) is 24.0 Å². The van der Waals surface area contributed by atoms with Crippen LogP contribution in [0.15, 0.2) is 42.5 Å². The van der Waals surface area contributed by atoms with Crippen LogP contribution in [0.3, 0.4) is 0 Å². The molecule has 1 fully saturated rings. The average Bonchev–Trinajstić information content (AvgIpc) is 2.85. The summed E-state index contributed by atoms with van der Waals surface area (Å²) in [5, 5.41) is 14.4. The van der Waals surface area contributed by atoms with Gasteiger partial charge in [0.05, 0.1) is 16.9 Å². The highest BCUT2D eigenvalue weighted by Crippen LogP contribution is 2.28. The Morgan fingerprint density at radius 3 is 2.39 bits per heavy atom. The van der Waals surface area contributed by atoms with E-state index in [2.05, 4.69) is 5.32 Å². The van der Waals surface area contributed by atoms with E-state index in [9.17, 15) is 28.1 Å². The molecule has 0 aliphatic heterocycles. The Labute approximate surface area is 224 Å². The topological polar surface area (TPSA) is 130 Å². The zero-order chi connectivity index (χ0) is 28.0. The van der Waals surface area contributed by atoms with Crippen molar-refractivity contribution >= 4 is 33.2 Å². The summed E-state index contributed by atoms with van der Waals surface area (Å²) in [6.07, 6.45) is 5.94. The third-order valence-corrected chi connectivity index (χ3v) is 8.03. The molecule has 10 nitrogen and oxygen atoms in total. The van der Waals surface area contributed by atoms with Crippen molar-refractivity contribution in [2.45, 2.75) is 71.5 Å². The van der Waals surface area contributed by atoms with E-state index in [-0.39, 0.29) is 29.9 Å². The molecule has 11 heteroatoms. The minimum Gasteiger partial charge on any atom is -0.352 e. The third-order valence-electron chi connectivity index (χ3n) is 6.91. The number of carbonyl (C=O) groups is 2. The van der Waals surface area contributed by atoms with E-state index in [1.54, 1.807) is 13.8 Å². The van der Waals surface area contributed by atoms with E-state index in [0.29, 0.717) is 5.56 Å². The molecular formula is C27H36N4O6S. The number of non-ortho nitro benzene ring substituents is 1. The molecule has 1 aliphatic carbocycles. The second kappa shape index (κ2) is 12.4. The normalized spacial score (nSPS) is 14.9. The van der Waals surface area contributed by atoms with Crippen molar-refractivity contribution in [3.05, 3.63) is 69.3 Å². The van der Waals surface area contributed by atoms with Crippen LogP contribution in [-0.2, 0) is 26.2 Å². The summed E-state index contributed by atoms with van der Waals surface area (Å²) >= 11 is 0. The molecule has 0 aromatic heterocycles. The molecule has 0 unspecified atom stereocenters. The maximum absolute atomic E-state index is 13.7. The molecule has 0 radical (unpaired) electrons. The molecule has 2 aromatic rings. The number of nitrogens with one attached hydrogen (secondary N) is 1. The number of hydrogen-bond donors (Lipinski definition) is 1. The number of hydrogen-bond acceptors (Lipinski definition) is 6. The van der Waals surface area contributed by atoms with Crippen molar-refractivity contribution in [1.29, 1.82) is 0 Å². The van der Waals surface area contributed by atoms with Gasteiger partial charge in [0.25, 0.3) is 5.69 Å². The summed E-state index contributed by atoms with van der Waals surface area (Å²) in [7, 11) is -4.00. The van der Waals surface area contributed by atoms with Crippen molar-refractivity contribution in [3.8, 4) is 0 Å². The molecular weight excluding hydrogens is 508 g/mol. The first kappa shape index (κ1) is 29.1. The number of rotatable bonds is 10. The smallest absolute Gasteiger partial charge is 0.271 e. The lowest BCUT2D eigenvalue weighted by Crippen LogP contribution is -2.53. The Kier molecular flexibility index (Phi) is 9.48. The lowest BCUT2D eigenvalue weighted by Gasteiger charge is -2.33. The predicted octanol–water partition coefficient (Wildman–Crippen LogP) is 3.84. The van der Waals surface area contributed by atoms with Crippen LogP contribution >= 0.6 is 0 Å². The molecule has 2 aromatic carbocycles. The lowest BCUT2D eigenvalue weighted by atomic mass is 9.95. The SMILES string of the molecule is Cc1cccc(CN(C(=O)CN(c2cc([N+](=O)[O-])ccc2C)S(C)(=O)=O)[C@H](C)C(=O)NC2CCCCC2)c1. The number of nitro groups is 1. The van der Waals surface area contributed by atoms with Gasteiger partial charge in [-0.15, -0.1) is 0 Å². The van der Waals surface area contributed by atoms with Crippen LogP contribution in [0.1, 0.15) is 55.7 Å². The van der Waals surface area contributed by atoms with Gasteiger partial charge in [0.1, 0.15) is 12.6 Å². The first-order valence-corrected chi connectivity index (χ1v) is 14.6. The fraction of sp³-hybridized carbons (Fsp3) is 0.481. The predicted molar refractivity (Wildman–Crippen MR) is 146 cm³/mol. The maximum Gasteiger partial charge on any atom is 0.271 e. The zero-order valence-corrected chi connectivity index (χ0v) is 23.2. The van der Waals surface area contributed by atoms with Gasteiger partial charge >= 0.3 is 0 Å². The maximum atomic E-state index is 13.7. The van der Waals surface area contributed by atoms with E-state index in [4.69, 9.17) is 0 Å². The molecule has 0 spiro atoms. The van der Waals surface area contributed by atoms with Crippen LogP contribution < -0.4 is 9.62 Å². The van der Waals surface area contributed by atoms with Gasteiger partial charge < -0.3 is 10.2 Å². The Bertz CT molecular complexity index is 1290. The molecule has 1 N–H and O–H groups in total. The van der Waals surface area contributed by atoms with Crippen LogP contribution in [0.5, 0.6) is 0 Å². The Balaban J connectivity index is 1.93. The summed E-state index contributed by atoms with van der Waals surface area (Å²) in [5.41, 5.74) is 2.00. The second-order valence-corrected chi connectivity index (χ2v) is 11.9. The van der Waals surface area contributed by atoms with Crippen LogP contribution in [0.4, 0.5) is 11.4 Å². The first-order valence-electron chi connectivity index (χ1n) is 12.7. The fourth-order valence-electron chi connectivity index (χ4n) is 4.73. The minimum atomic E-state index is -4.00. The van der Waals surface area contributed by atoms with Gasteiger partial charge in [0, 0.05) is 24.7 Å². The fourth-order valence-corrected chi connectivity index (χ4v) is 5.63. The lowest BCUT2D eigenvalue weighted by molar-refractivity contribution is -0.384. The number of nitrogens with zero attached hydrogens (tertiary/aromatic N) is 3. The van der Waals surface area contributed by atoms with Crippen molar-refractivity contribution in [3.63, 3.8) is 0 Å². The molecule has 0 bridgehead atoms. The van der Waals surface area contributed by atoms with Gasteiger partial charge in [0.15, 0.2) is 0 Å². The van der Waals surface area contributed by atoms with E-state index < -0.39 is 33.4 Å². The number of anilines is 1. The van der Waals surface area contributed by atoms with Gasteiger partial charge in [-0.05, 0) is 44.7 Å². The molecule has 206 valence electrons. The second-order valence-electron chi connectivity index (χ2n) is 10.0. The average molecular weight is 545 g/mol. The van der Waals surface area contributed by atoms with Crippen molar-refractivity contribution < 1.29 is 22.9 Å². The van der Waals surface area contributed by atoms with Gasteiger partial charge in [-0.2, -0.15) is 0 Å². The Morgan fingerprint density at radius 1 is 1.11 bits per heavy atom. The summed E-state index contributed by atoms with van der Waals surface area (Å²) in [4.78, 5) is 39.1. The summed E-state index contributed by atoms with van der Waals surface area (Å²) in [6, 6.07) is 10.6. The highest BCUT2D eigenvalue weighted by atomic mass is 32.2. The first-order chi connectivity index (χ1) is 17.9. The van der Waals surface area contributed by atoms with Gasteiger partial charge in [-0.1, -0.05) is 55.2 Å². The molecule has 0 heterocycles. The largest absolute Gasteiger partial charge is 0.352 e. The highest BCUT2D eigenvalue weighted by Gasteiger charge is 2.32. The van der Waals surface area contributed by atoms with E-state index in [0.717, 1.165) is 59.9 Å². The highest BCUT2D eigenvalue weighted by molar-refractivity contribution is 7.92. The van der Waals surface area contributed by atoms with Crippen molar-refractivity contribution in [2.75, 3.05) is 17.1 Å². The molecule has 2 amide bonds. The number of amides is 2. The Hall–Kier alpha value is -3.47. The van der Waals surface area contributed by atoms with Crippen molar-refractivity contribution in [2.24, 2.45) is 0 Å². The van der Waals surface area contributed by atoms with Crippen LogP contribution in [0.25, 0.3) is 0 Å². The number of aryl methyl sites for hydroxylation is 2. The summed E-state index contributed by atoms with van der Waals surface area (Å²) < 4.78 is 26.5. The number of sulfonamides is 1. The number of carbonyl (C=O) groups excluding carboxylic acids is 2. The molecule has 1 aliphatic rings. The van der Waals surface area contributed by atoms with E-state index in [1.165, 1.54) is 17.0 Å². The third kappa shape index (κ3) is 7.53. The quantitative estimate of drug-likeness (QED) is 0.357. The monoisotopic (exact) mass is 544 g/mol. The molecule has 3 rings (SSSR count). The molecule has 1 atom stereocenters. The Morgan fingerprint density at radius 2 is 1.79 bits per heavy atom. The zero-order valence-electron chi connectivity index (χ0n) is 22.3. The standard InChI is InChI=1S/C27H36N4O6S/c1-19-9-8-10-22(15-19)17-29(21(3)27(33)28-23-11-6-5-7-12-23)26(32)18-30(38(4,36)37)25-16-24(31(34)35)14-13-20(25)2/h8-10,13-16,21,23H,5-7,11-12,17-18H2,1-4H3,(H,28,33)/t21-/m1/s1. The van der Waals surface area contributed by atoms with Crippen LogP contribution in [0, 0.1) is 24.0 Å². The van der Waals surface area contributed by atoms with E-state index in [1.807, 2.05) is 31.2 Å². The molecule has 1 saturated carbocycles. The van der Waals surface area contributed by atoms with Crippen LogP contribution in [0.2, 0.25) is 0 Å². The molecule has 38 heavy (non-hydrogen) atoms. The van der Waals surface area contributed by atoms with Crippen LogP contribution in [-0.4, -0.2) is 54.9 Å². The molecule has 0 saturated heterocycles. The minimum absolute atomic E-state index is 0.0462. The van der Waals surface area contributed by atoms with Gasteiger partial charge in [0.2, 0.25) is 21.8 Å².